The summed E-state index contributed by atoms with van der Waals surface area (Å²) in [5.41, 5.74) is -0.423. The predicted octanol–water partition coefficient (Wildman–Crippen LogP) is 4.92. The molecule has 0 unspecified atom stereocenters. The lowest BCUT2D eigenvalue weighted by atomic mass is 10.0. The molecule has 21 heavy (non-hydrogen) atoms. The summed E-state index contributed by atoms with van der Waals surface area (Å²) < 4.78 is 50.4. The van der Waals surface area contributed by atoms with Crippen LogP contribution < -0.4 is 0 Å². The average Bonchev–Trinajstić information content (AvgIpc) is 2.42. The van der Waals surface area contributed by atoms with Crippen LogP contribution in [0.2, 0.25) is 5.02 Å². The van der Waals surface area contributed by atoms with Crippen molar-refractivity contribution in [1.82, 2.24) is 0 Å². The molecule has 0 saturated carbocycles. The number of carbonyl (C=O) groups is 1. The number of benzene rings is 2. The van der Waals surface area contributed by atoms with Gasteiger partial charge in [-0.15, -0.1) is 0 Å². The van der Waals surface area contributed by atoms with Crippen LogP contribution in [0.15, 0.2) is 42.5 Å². The maximum absolute atomic E-state index is 13.1. The van der Waals surface area contributed by atoms with Crippen LogP contribution in [0.5, 0.6) is 0 Å². The molecule has 0 radical (unpaired) electrons. The molecule has 0 aliphatic carbocycles. The minimum atomic E-state index is -4.45. The van der Waals surface area contributed by atoms with Gasteiger partial charge in [-0.3, -0.25) is 4.79 Å². The molecule has 0 saturated heterocycles. The third-order valence-electron chi connectivity index (χ3n) is 2.89. The van der Waals surface area contributed by atoms with E-state index in [0.717, 1.165) is 36.4 Å². The molecule has 0 heterocycles. The summed E-state index contributed by atoms with van der Waals surface area (Å²) in [7, 11) is 0. The Bertz CT molecular complexity index is 662. The smallest absolute Gasteiger partial charge is 0.294 e. The Hall–Kier alpha value is -1.88. The molecular weight excluding hydrogens is 308 g/mol. The molecule has 0 fully saturated rings. The summed E-state index contributed by atoms with van der Waals surface area (Å²) in [5.74, 6) is -0.967. The third-order valence-corrected chi connectivity index (χ3v) is 3.26. The van der Waals surface area contributed by atoms with E-state index in [0.29, 0.717) is 5.56 Å². The molecule has 0 aromatic heterocycles. The molecule has 6 heteroatoms. The van der Waals surface area contributed by atoms with E-state index in [1.54, 1.807) is 0 Å². The van der Waals surface area contributed by atoms with Crippen LogP contribution in [0, 0.1) is 5.82 Å². The van der Waals surface area contributed by atoms with E-state index in [1.807, 2.05) is 0 Å². The minimum absolute atomic E-state index is 0.114. The number of Topliss-reactive ketones (excluding diaryl/α,β-unsaturated/α-hetero) is 1. The van der Waals surface area contributed by atoms with Crippen LogP contribution in [0.3, 0.4) is 0 Å². The number of hydrogen-bond donors (Lipinski definition) is 0. The lowest BCUT2D eigenvalue weighted by Gasteiger charge is -2.08. The fraction of sp³-hybridized carbons (Fsp3) is 0.133. The number of hydrogen-bond acceptors (Lipinski definition) is 1. The summed E-state index contributed by atoms with van der Waals surface area (Å²) in [6.07, 6.45) is -4.63. The van der Waals surface area contributed by atoms with Crippen LogP contribution in [0.1, 0.15) is 21.5 Å². The van der Waals surface area contributed by atoms with Crippen molar-refractivity contribution in [1.29, 1.82) is 0 Å². The van der Waals surface area contributed by atoms with Crippen LogP contribution in [-0.4, -0.2) is 5.78 Å². The Morgan fingerprint density at radius 3 is 2.24 bits per heavy atom. The number of halogens is 5. The fourth-order valence-electron chi connectivity index (χ4n) is 1.80. The van der Waals surface area contributed by atoms with Gasteiger partial charge in [0, 0.05) is 17.0 Å². The highest BCUT2D eigenvalue weighted by molar-refractivity contribution is 6.31. The van der Waals surface area contributed by atoms with Crippen molar-refractivity contribution >= 4 is 17.4 Å². The van der Waals surface area contributed by atoms with Crippen molar-refractivity contribution in [3.63, 3.8) is 0 Å². The highest BCUT2D eigenvalue weighted by atomic mass is 35.5. The molecule has 2 aromatic rings. The maximum atomic E-state index is 13.1. The van der Waals surface area contributed by atoms with Crippen LogP contribution in [0.4, 0.5) is 17.6 Å². The van der Waals surface area contributed by atoms with E-state index >= 15 is 0 Å². The van der Waals surface area contributed by atoms with E-state index in [-0.39, 0.29) is 17.0 Å². The minimum Gasteiger partial charge on any atom is -0.294 e. The van der Waals surface area contributed by atoms with E-state index in [9.17, 15) is 22.4 Å². The zero-order valence-corrected chi connectivity index (χ0v) is 11.3. The van der Waals surface area contributed by atoms with Crippen LogP contribution >= 0.6 is 11.6 Å². The largest absolute Gasteiger partial charge is 0.416 e. The molecule has 0 amide bonds. The van der Waals surface area contributed by atoms with Gasteiger partial charge < -0.3 is 0 Å². The first-order valence-electron chi connectivity index (χ1n) is 5.92. The van der Waals surface area contributed by atoms with Crippen molar-refractivity contribution in [2.24, 2.45) is 0 Å². The number of carbonyl (C=O) groups excluding carboxylic acids is 1. The molecular formula is C15H9ClF4O. The normalized spacial score (nSPS) is 11.5. The first-order valence-corrected chi connectivity index (χ1v) is 6.29. The Morgan fingerprint density at radius 2 is 1.67 bits per heavy atom. The molecule has 0 spiro atoms. The van der Waals surface area contributed by atoms with Crippen LogP contribution in [-0.2, 0) is 12.6 Å². The van der Waals surface area contributed by atoms with E-state index in [4.69, 9.17) is 11.6 Å². The van der Waals surface area contributed by atoms with Crippen molar-refractivity contribution < 1.29 is 22.4 Å². The molecule has 2 rings (SSSR count). The molecule has 2 aromatic carbocycles. The van der Waals surface area contributed by atoms with Crippen molar-refractivity contribution in [3.8, 4) is 0 Å². The highest BCUT2D eigenvalue weighted by Gasteiger charge is 2.30. The number of alkyl halides is 3. The van der Waals surface area contributed by atoms with Gasteiger partial charge in [0.05, 0.1) is 5.56 Å². The second-order valence-corrected chi connectivity index (χ2v) is 4.82. The Labute approximate surface area is 123 Å². The van der Waals surface area contributed by atoms with Crippen LogP contribution in [0.25, 0.3) is 0 Å². The standard InChI is InChI=1S/C15H9ClF4O/c16-13-6-5-12(17)7-10(13)8-14(21)9-1-3-11(4-2-9)15(18,19)20/h1-7H,8H2. The van der Waals surface area contributed by atoms with Gasteiger partial charge in [-0.1, -0.05) is 23.7 Å². The lowest BCUT2D eigenvalue weighted by Crippen LogP contribution is -2.07. The zero-order valence-electron chi connectivity index (χ0n) is 10.5. The van der Waals surface area contributed by atoms with Gasteiger partial charge in [-0.2, -0.15) is 13.2 Å². The van der Waals surface area contributed by atoms with Gasteiger partial charge in [0.15, 0.2) is 5.78 Å². The highest BCUT2D eigenvalue weighted by Crippen LogP contribution is 2.29. The number of ketones is 1. The molecule has 0 bridgehead atoms. The molecule has 0 aliphatic heterocycles. The topological polar surface area (TPSA) is 17.1 Å². The lowest BCUT2D eigenvalue weighted by molar-refractivity contribution is -0.137. The summed E-state index contributed by atoms with van der Waals surface area (Å²) in [6, 6.07) is 7.47. The van der Waals surface area contributed by atoms with Gasteiger partial charge in [0.2, 0.25) is 0 Å². The molecule has 0 aliphatic rings. The summed E-state index contributed by atoms with van der Waals surface area (Å²) >= 11 is 5.85. The van der Waals surface area contributed by atoms with E-state index < -0.39 is 23.3 Å². The first kappa shape index (κ1) is 15.5. The second kappa shape index (κ2) is 5.85. The van der Waals surface area contributed by atoms with Crippen molar-refractivity contribution in [3.05, 3.63) is 70.0 Å². The SMILES string of the molecule is O=C(Cc1cc(F)ccc1Cl)c1ccc(C(F)(F)F)cc1. The maximum Gasteiger partial charge on any atom is 0.416 e. The van der Waals surface area contributed by atoms with Gasteiger partial charge in [0.25, 0.3) is 0 Å². The quantitative estimate of drug-likeness (QED) is 0.580. The predicted molar refractivity (Wildman–Crippen MR) is 70.9 cm³/mol. The van der Waals surface area contributed by atoms with Gasteiger partial charge in [-0.25, -0.2) is 4.39 Å². The zero-order chi connectivity index (χ0) is 15.6. The molecule has 110 valence electrons. The van der Waals surface area contributed by atoms with Crippen molar-refractivity contribution in [2.45, 2.75) is 12.6 Å². The molecule has 1 nitrogen and oxygen atoms in total. The van der Waals surface area contributed by atoms with E-state index in [2.05, 4.69) is 0 Å². The monoisotopic (exact) mass is 316 g/mol. The van der Waals surface area contributed by atoms with Gasteiger partial charge in [0.1, 0.15) is 5.82 Å². The Morgan fingerprint density at radius 1 is 1.05 bits per heavy atom. The Balaban J connectivity index is 2.19. The summed E-state index contributed by atoms with van der Waals surface area (Å²) in [6.45, 7) is 0. The summed E-state index contributed by atoms with van der Waals surface area (Å²) in [4.78, 5) is 12.0. The fourth-order valence-corrected chi connectivity index (χ4v) is 1.98. The van der Waals surface area contributed by atoms with Crippen molar-refractivity contribution in [2.75, 3.05) is 0 Å². The average molecular weight is 317 g/mol. The molecule has 0 N–H and O–H groups in total. The van der Waals surface area contributed by atoms with Gasteiger partial charge in [-0.05, 0) is 35.9 Å². The van der Waals surface area contributed by atoms with E-state index in [1.165, 1.54) is 6.07 Å². The first-order chi connectivity index (χ1) is 9.77. The Kier molecular flexibility index (Phi) is 4.32. The second-order valence-electron chi connectivity index (χ2n) is 4.41. The summed E-state index contributed by atoms with van der Waals surface area (Å²) in [5, 5.41) is 0.233. The number of rotatable bonds is 3. The third kappa shape index (κ3) is 3.82. The van der Waals surface area contributed by atoms with Gasteiger partial charge >= 0.3 is 6.18 Å². The molecule has 0 atom stereocenters.